The quantitative estimate of drug-likeness (QED) is 0.443. The van der Waals surface area contributed by atoms with Gasteiger partial charge in [0.1, 0.15) is 27.7 Å². The van der Waals surface area contributed by atoms with Gasteiger partial charge in [0.05, 0.1) is 23.6 Å². The third kappa shape index (κ3) is 5.32. The topological polar surface area (TPSA) is 110 Å². The van der Waals surface area contributed by atoms with E-state index < -0.39 is 29.5 Å². The van der Waals surface area contributed by atoms with Gasteiger partial charge < -0.3 is 30.3 Å². The zero-order chi connectivity index (χ0) is 30.0. The van der Waals surface area contributed by atoms with Gasteiger partial charge in [-0.05, 0) is 57.9 Å². The molecule has 6 rings (SSSR count). The Kier molecular flexibility index (Phi) is 6.94. The Morgan fingerprint density at radius 3 is 2.55 bits per heavy atom. The van der Waals surface area contributed by atoms with E-state index in [4.69, 9.17) is 15.2 Å². The second-order valence-electron chi connectivity index (χ2n) is 12.5. The normalized spacial score (nSPS) is 23.2. The molecule has 3 atom stereocenters. The van der Waals surface area contributed by atoms with Crippen LogP contribution in [0.4, 0.5) is 25.0 Å². The Morgan fingerprint density at radius 1 is 1.14 bits per heavy atom. The number of alkyl halides is 2. The molecule has 224 valence electrons. The third-order valence-corrected chi connectivity index (χ3v) is 9.21. The second kappa shape index (κ2) is 10.3. The van der Waals surface area contributed by atoms with Crippen molar-refractivity contribution >= 4 is 44.9 Å². The first-order valence-electron chi connectivity index (χ1n) is 14.1. The largest absolute Gasteiger partial charge is 0.491 e. The molecule has 5 heterocycles. The summed E-state index contributed by atoms with van der Waals surface area (Å²) in [6.07, 6.45) is 0.0181. The number of nitrogens with two attached hydrogens (primary N) is 1. The number of likely N-dealkylation sites (tertiary alicyclic amines) is 1. The molecule has 2 fully saturated rings. The minimum atomic E-state index is -2.86. The smallest absolute Gasteiger partial charge is 0.410 e. The molecule has 3 aromatic rings. The molecule has 2 bridgehead atoms. The lowest BCUT2D eigenvalue weighted by atomic mass is 9.80. The van der Waals surface area contributed by atoms with E-state index in [1.165, 1.54) is 16.2 Å². The van der Waals surface area contributed by atoms with Gasteiger partial charge in [-0.15, -0.1) is 11.3 Å². The van der Waals surface area contributed by atoms with Gasteiger partial charge in [-0.3, -0.25) is 4.79 Å². The number of benzene rings is 1. The number of carbonyl (C=O) groups is 2. The van der Waals surface area contributed by atoms with Gasteiger partial charge in [0.25, 0.3) is 11.8 Å². The molecule has 0 radical (unpaired) electrons. The van der Waals surface area contributed by atoms with Gasteiger partial charge in [0.15, 0.2) is 0 Å². The van der Waals surface area contributed by atoms with Crippen molar-refractivity contribution in [3.63, 3.8) is 0 Å². The van der Waals surface area contributed by atoms with Gasteiger partial charge in [-0.25, -0.2) is 18.6 Å². The number of nitrogen functional groups attached to an aromatic ring is 1. The maximum absolute atomic E-state index is 15.1. The average Bonchev–Trinajstić information content (AvgIpc) is 3.22. The predicted molar refractivity (Wildman–Crippen MR) is 158 cm³/mol. The summed E-state index contributed by atoms with van der Waals surface area (Å²) in [5, 5.41) is 3.81. The zero-order valence-corrected chi connectivity index (χ0v) is 24.9. The van der Waals surface area contributed by atoms with Crippen LogP contribution in [0.25, 0.3) is 10.2 Å². The monoisotopic (exact) mass is 599 g/mol. The highest BCUT2D eigenvalue weighted by atomic mass is 32.1. The van der Waals surface area contributed by atoms with Gasteiger partial charge in [0.2, 0.25) is 0 Å². The summed E-state index contributed by atoms with van der Waals surface area (Å²) in [5.41, 5.74) is 8.58. The van der Waals surface area contributed by atoms with Crippen LogP contribution in [0.15, 0.2) is 30.3 Å². The van der Waals surface area contributed by atoms with Crippen molar-refractivity contribution in [2.24, 2.45) is 11.8 Å². The standard InChI is InChI=1S/C30H35F2N5O4S/c1-16-5-8-22-24(33)25(42-27(22)34-16)26(38)35-20-9-17-6-7-21(10-23(17)40-15-20)36-11-18-13-37(28(39)41-29(2,3)4)14-19(12-36)30(18,31)32/h5-8,10,18-20H,9,11-15,33H2,1-4H3,(H,35,38)/t18?,19?,20-/m1/s1. The fraction of sp³-hybridized carbons (Fsp3) is 0.500. The Labute approximate surface area is 247 Å². The van der Waals surface area contributed by atoms with Crippen molar-refractivity contribution < 1.29 is 27.8 Å². The molecule has 3 aliphatic heterocycles. The number of pyridine rings is 1. The predicted octanol–water partition coefficient (Wildman–Crippen LogP) is 4.86. The molecular weight excluding hydrogens is 564 g/mol. The highest BCUT2D eigenvalue weighted by molar-refractivity contribution is 7.21. The molecule has 1 aromatic carbocycles. The molecular formula is C30H35F2N5O4S. The molecule has 2 amide bonds. The maximum atomic E-state index is 15.1. The molecule has 9 nitrogen and oxygen atoms in total. The van der Waals surface area contributed by atoms with Crippen LogP contribution in [0.2, 0.25) is 0 Å². The van der Waals surface area contributed by atoms with Crippen LogP contribution in [-0.4, -0.2) is 72.2 Å². The lowest BCUT2D eigenvalue weighted by Crippen LogP contribution is -2.64. The molecule has 42 heavy (non-hydrogen) atoms. The summed E-state index contributed by atoms with van der Waals surface area (Å²) < 4.78 is 41.8. The van der Waals surface area contributed by atoms with Crippen molar-refractivity contribution in [1.82, 2.24) is 15.2 Å². The molecule has 2 aromatic heterocycles. The van der Waals surface area contributed by atoms with Crippen molar-refractivity contribution in [2.75, 3.05) is 43.4 Å². The lowest BCUT2D eigenvalue weighted by Gasteiger charge is -2.51. The third-order valence-electron chi connectivity index (χ3n) is 8.10. The Balaban J connectivity index is 1.12. The van der Waals surface area contributed by atoms with Crippen LogP contribution >= 0.6 is 11.3 Å². The number of nitrogens with zero attached hydrogens (tertiary/aromatic N) is 3. The van der Waals surface area contributed by atoms with Gasteiger partial charge in [0, 0.05) is 49.0 Å². The van der Waals surface area contributed by atoms with E-state index in [2.05, 4.69) is 10.3 Å². The van der Waals surface area contributed by atoms with Crippen LogP contribution in [0.3, 0.4) is 0 Å². The van der Waals surface area contributed by atoms with E-state index in [0.29, 0.717) is 22.7 Å². The van der Waals surface area contributed by atoms with Crippen LogP contribution in [0.1, 0.15) is 41.7 Å². The Bertz CT molecular complexity index is 1540. The van der Waals surface area contributed by atoms with E-state index in [0.717, 1.165) is 27.2 Å². The Hall–Kier alpha value is -3.67. The number of hydrogen-bond acceptors (Lipinski definition) is 8. The van der Waals surface area contributed by atoms with Crippen molar-refractivity contribution in [2.45, 2.75) is 51.7 Å². The summed E-state index contributed by atoms with van der Waals surface area (Å²) >= 11 is 1.27. The van der Waals surface area contributed by atoms with E-state index in [1.807, 2.05) is 42.2 Å². The zero-order valence-electron chi connectivity index (χ0n) is 24.1. The molecule has 12 heteroatoms. The number of amides is 2. The number of rotatable bonds is 3. The van der Waals surface area contributed by atoms with E-state index in [9.17, 15) is 9.59 Å². The number of anilines is 2. The SMILES string of the molecule is Cc1ccc2c(N)c(C(=O)N[C@H]3COc4cc(N5CC6CN(C(=O)OC(C)(C)C)CC(C5)C6(F)F)ccc4C3)sc2n1. The van der Waals surface area contributed by atoms with Gasteiger partial charge in [-0.2, -0.15) is 0 Å². The summed E-state index contributed by atoms with van der Waals surface area (Å²) in [6, 6.07) is 9.23. The minimum Gasteiger partial charge on any atom is -0.491 e. The molecule has 3 aliphatic rings. The number of ether oxygens (including phenoxy) is 2. The fourth-order valence-electron chi connectivity index (χ4n) is 5.99. The number of aryl methyl sites for hydroxylation is 1. The second-order valence-corrected chi connectivity index (χ2v) is 13.5. The minimum absolute atomic E-state index is 0.0578. The molecule has 0 spiro atoms. The average molecular weight is 600 g/mol. The molecule has 2 unspecified atom stereocenters. The van der Waals surface area contributed by atoms with Crippen LogP contribution < -0.4 is 20.7 Å². The summed E-state index contributed by atoms with van der Waals surface area (Å²) in [7, 11) is 0. The lowest BCUT2D eigenvalue weighted by molar-refractivity contribution is -0.154. The molecule has 3 N–H and O–H groups in total. The highest BCUT2D eigenvalue weighted by Gasteiger charge is 2.56. The molecule has 0 saturated carbocycles. The first-order chi connectivity index (χ1) is 19.8. The number of piperidine rings is 2. The van der Waals surface area contributed by atoms with Crippen molar-refractivity contribution in [3.8, 4) is 5.75 Å². The molecule has 2 saturated heterocycles. The highest BCUT2D eigenvalue weighted by Crippen LogP contribution is 2.44. The number of aromatic nitrogens is 1. The van der Waals surface area contributed by atoms with Crippen molar-refractivity contribution in [1.29, 1.82) is 0 Å². The van der Waals surface area contributed by atoms with Crippen molar-refractivity contribution in [3.05, 3.63) is 46.5 Å². The Morgan fingerprint density at radius 2 is 1.86 bits per heavy atom. The van der Waals surface area contributed by atoms with Gasteiger partial charge in [-0.1, -0.05) is 6.07 Å². The first kappa shape index (κ1) is 28.4. The number of carbonyl (C=O) groups excluding carboxylic acids is 2. The van der Waals surface area contributed by atoms with E-state index >= 15 is 8.78 Å². The van der Waals surface area contributed by atoms with Gasteiger partial charge >= 0.3 is 6.09 Å². The van der Waals surface area contributed by atoms with Crippen LogP contribution in [0, 0.1) is 18.8 Å². The molecule has 0 aliphatic carbocycles. The summed E-state index contributed by atoms with van der Waals surface area (Å²) in [6.45, 7) is 7.58. The summed E-state index contributed by atoms with van der Waals surface area (Å²) in [4.78, 5) is 34.7. The first-order valence-corrected chi connectivity index (χ1v) is 14.9. The van der Waals surface area contributed by atoms with Crippen LogP contribution in [0.5, 0.6) is 5.75 Å². The number of thiophene rings is 1. The maximum Gasteiger partial charge on any atom is 0.410 e. The number of halogens is 2. The summed E-state index contributed by atoms with van der Waals surface area (Å²) in [5.74, 6) is -4.46. The van der Waals surface area contributed by atoms with E-state index in [1.54, 1.807) is 20.8 Å². The van der Waals surface area contributed by atoms with E-state index in [-0.39, 0.29) is 44.7 Å². The fourth-order valence-corrected chi connectivity index (χ4v) is 7.04. The number of hydrogen-bond donors (Lipinski definition) is 2. The number of nitrogens with one attached hydrogen (secondary N) is 1. The van der Waals surface area contributed by atoms with Crippen LogP contribution in [-0.2, 0) is 11.2 Å². The number of fused-ring (bicyclic) bond motifs is 4.